The zero-order valence-corrected chi connectivity index (χ0v) is 26.8. The van der Waals surface area contributed by atoms with E-state index in [0.717, 1.165) is 43.6 Å². The van der Waals surface area contributed by atoms with Crippen molar-refractivity contribution in [3.8, 4) is 0 Å². The first-order chi connectivity index (χ1) is 21.2. The van der Waals surface area contributed by atoms with Crippen LogP contribution in [0.4, 0.5) is 11.4 Å². The maximum atomic E-state index is 14.1. The number of para-hydroxylation sites is 1. The fourth-order valence-corrected chi connectivity index (χ4v) is 8.58. The molecule has 3 aromatic carbocycles. The third-order valence-electron chi connectivity index (χ3n) is 7.64. The average molecular weight is 693 g/mol. The first-order valence-electron chi connectivity index (χ1n) is 13.8. The van der Waals surface area contributed by atoms with Crippen molar-refractivity contribution in [3.05, 3.63) is 109 Å². The summed E-state index contributed by atoms with van der Waals surface area (Å²) in [5.74, 6) is -3.04. The molecule has 1 N–H and O–H groups in total. The summed E-state index contributed by atoms with van der Waals surface area (Å²) in [4.78, 5) is 68.1. The van der Waals surface area contributed by atoms with Crippen LogP contribution < -0.4 is 15.1 Å². The van der Waals surface area contributed by atoms with Gasteiger partial charge in [-0.1, -0.05) is 69.4 Å². The van der Waals surface area contributed by atoms with Crippen molar-refractivity contribution in [1.29, 1.82) is 0 Å². The molecule has 1 aromatic heterocycles. The minimum Gasteiger partial charge on any atom is -0.462 e. The van der Waals surface area contributed by atoms with Crippen LogP contribution in [0.25, 0.3) is 0 Å². The Labute approximate surface area is 269 Å². The summed E-state index contributed by atoms with van der Waals surface area (Å²) >= 11 is 5.60. The summed E-state index contributed by atoms with van der Waals surface area (Å²) in [7, 11) is 0. The van der Waals surface area contributed by atoms with Crippen molar-refractivity contribution in [3.63, 3.8) is 0 Å². The SMILES string of the molecule is CCOC(=O)c1ccc(N2C(=O)C3Sc4c(sc(=O)n4CC(=O)Nc4ccccc4C)C(c4ccc(Br)cc4)C3C2=O)cc1. The van der Waals surface area contributed by atoms with E-state index >= 15 is 0 Å². The molecule has 1 saturated heterocycles. The fourth-order valence-electron chi connectivity index (χ4n) is 5.55. The van der Waals surface area contributed by atoms with E-state index in [-0.39, 0.29) is 29.8 Å². The number of nitrogens with one attached hydrogen (secondary N) is 1. The number of carbonyl (C=O) groups is 4. The second-order valence-corrected chi connectivity index (χ2v) is 13.4. The number of nitrogens with zero attached hydrogens (tertiary/aromatic N) is 2. The maximum absolute atomic E-state index is 14.1. The maximum Gasteiger partial charge on any atom is 0.338 e. The van der Waals surface area contributed by atoms with Crippen molar-refractivity contribution >= 4 is 74.1 Å². The number of hydrogen-bond acceptors (Lipinski definition) is 8. The number of fused-ring (bicyclic) bond motifs is 2. The van der Waals surface area contributed by atoms with Gasteiger partial charge in [0.15, 0.2) is 0 Å². The van der Waals surface area contributed by atoms with Gasteiger partial charge >= 0.3 is 10.8 Å². The zero-order chi connectivity index (χ0) is 31.1. The van der Waals surface area contributed by atoms with E-state index in [0.29, 0.717) is 26.8 Å². The number of halogens is 1. The molecule has 0 radical (unpaired) electrons. The number of benzene rings is 3. The molecule has 2 aliphatic rings. The topological polar surface area (TPSA) is 115 Å². The lowest BCUT2D eigenvalue weighted by molar-refractivity contribution is -0.122. The van der Waals surface area contributed by atoms with Crippen molar-refractivity contribution in [2.75, 3.05) is 16.8 Å². The van der Waals surface area contributed by atoms with Crippen molar-refractivity contribution < 1.29 is 23.9 Å². The Morgan fingerprint density at radius 2 is 1.66 bits per heavy atom. The summed E-state index contributed by atoms with van der Waals surface area (Å²) in [6, 6.07) is 21.0. The Morgan fingerprint density at radius 3 is 2.34 bits per heavy atom. The minimum absolute atomic E-state index is 0.227. The molecule has 2 aliphatic heterocycles. The van der Waals surface area contributed by atoms with Crippen LogP contribution >= 0.6 is 39.0 Å². The highest BCUT2D eigenvalue weighted by molar-refractivity contribution is 9.10. The molecule has 44 heavy (non-hydrogen) atoms. The number of ether oxygens (including phenoxy) is 1. The first kappa shape index (κ1) is 30.0. The van der Waals surface area contributed by atoms with E-state index in [4.69, 9.17) is 4.74 Å². The Bertz CT molecular complexity index is 1850. The molecular formula is C32H26BrN3O6S2. The van der Waals surface area contributed by atoms with E-state index < -0.39 is 29.0 Å². The second-order valence-electron chi connectivity index (χ2n) is 10.4. The van der Waals surface area contributed by atoms with Gasteiger partial charge in [-0.05, 0) is 67.4 Å². The van der Waals surface area contributed by atoms with Gasteiger partial charge in [0.2, 0.25) is 17.7 Å². The summed E-state index contributed by atoms with van der Waals surface area (Å²) in [6.07, 6.45) is 0. The van der Waals surface area contributed by atoms with Crippen LogP contribution in [-0.4, -0.2) is 40.1 Å². The molecule has 4 aromatic rings. The number of esters is 1. The Hall–Kier alpha value is -4.00. The van der Waals surface area contributed by atoms with Crippen LogP contribution in [0.3, 0.4) is 0 Å². The van der Waals surface area contributed by atoms with Crippen LogP contribution in [0.1, 0.15) is 39.2 Å². The number of thioether (sulfide) groups is 1. The van der Waals surface area contributed by atoms with E-state index in [1.54, 1.807) is 25.1 Å². The standard InChI is InChI=1S/C32H26BrN3O6S2/c1-3-42-31(40)19-10-14-21(15-11-19)36-28(38)25-24(18-8-12-20(33)13-9-18)27-30(43-26(25)29(36)39)35(32(41)44-27)16-23(37)34-22-7-5-4-6-17(22)2/h4-15,24-26H,3,16H2,1-2H3,(H,34,37). The average Bonchev–Trinajstić information content (AvgIpc) is 3.45. The normalized spacial score (nSPS) is 19.0. The quantitative estimate of drug-likeness (QED) is 0.198. The number of amides is 3. The van der Waals surface area contributed by atoms with Gasteiger partial charge in [-0.3, -0.25) is 23.7 Å². The van der Waals surface area contributed by atoms with Gasteiger partial charge in [0.25, 0.3) is 0 Å². The second kappa shape index (κ2) is 12.2. The molecule has 0 saturated carbocycles. The van der Waals surface area contributed by atoms with E-state index in [2.05, 4.69) is 21.2 Å². The van der Waals surface area contributed by atoms with E-state index in [1.807, 2.05) is 49.4 Å². The van der Waals surface area contributed by atoms with Crippen LogP contribution in [0.15, 0.2) is 87.1 Å². The number of imide groups is 1. The monoisotopic (exact) mass is 691 g/mol. The molecule has 0 bridgehead atoms. The molecule has 9 nitrogen and oxygen atoms in total. The molecule has 6 rings (SSSR count). The van der Waals surface area contributed by atoms with Gasteiger partial charge in [-0.25, -0.2) is 9.69 Å². The lowest BCUT2D eigenvalue weighted by Crippen LogP contribution is -2.33. The molecule has 1 fully saturated rings. The number of carbonyl (C=O) groups excluding carboxylic acids is 4. The van der Waals surface area contributed by atoms with Crippen LogP contribution in [0.5, 0.6) is 0 Å². The van der Waals surface area contributed by atoms with Crippen LogP contribution in [-0.2, 0) is 25.7 Å². The van der Waals surface area contributed by atoms with Gasteiger partial charge in [0.1, 0.15) is 11.8 Å². The largest absolute Gasteiger partial charge is 0.462 e. The van der Waals surface area contributed by atoms with Crippen LogP contribution in [0.2, 0.25) is 0 Å². The molecule has 3 atom stereocenters. The Morgan fingerprint density at radius 1 is 0.955 bits per heavy atom. The van der Waals surface area contributed by atoms with Gasteiger partial charge in [-0.2, -0.15) is 0 Å². The summed E-state index contributed by atoms with van der Waals surface area (Å²) in [5, 5.41) is 2.56. The predicted molar refractivity (Wildman–Crippen MR) is 172 cm³/mol. The fraction of sp³-hybridized carbons (Fsp3) is 0.219. The number of thiazole rings is 1. The molecule has 3 amide bonds. The van der Waals surface area contributed by atoms with Crippen molar-refractivity contribution in [1.82, 2.24) is 4.57 Å². The molecule has 3 unspecified atom stereocenters. The number of rotatable bonds is 7. The number of hydrogen-bond donors (Lipinski definition) is 1. The first-order valence-corrected chi connectivity index (χ1v) is 16.3. The highest BCUT2D eigenvalue weighted by Gasteiger charge is 2.56. The molecule has 0 spiro atoms. The molecule has 0 aliphatic carbocycles. The van der Waals surface area contributed by atoms with Crippen LogP contribution in [0, 0.1) is 12.8 Å². The summed E-state index contributed by atoms with van der Waals surface area (Å²) in [6.45, 7) is 3.58. The zero-order valence-electron chi connectivity index (χ0n) is 23.6. The third-order valence-corrected chi connectivity index (χ3v) is 10.8. The van der Waals surface area contributed by atoms with Crippen molar-refractivity contribution in [2.24, 2.45) is 5.92 Å². The number of anilines is 2. The molecule has 224 valence electrons. The lowest BCUT2D eigenvalue weighted by Gasteiger charge is -2.30. The number of aromatic nitrogens is 1. The molecule has 3 heterocycles. The number of aryl methyl sites for hydroxylation is 1. The summed E-state index contributed by atoms with van der Waals surface area (Å²) in [5.41, 5.74) is 2.97. The smallest absolute Gasteiger partial charge is 0.338 e. The summed E-state index contributed by atoms with van der Waals surface area (Å²) < 4.78 is 7.29. The van der Waals surface area contributed by atoms with Gasteiger partial charge < -0.3 is 10.1 Å². The Balaban J connectivity index is 1.37. The van der Waals surface area contributed by atoms with E-state index in [9.17, 15) is 24.0 Å². The highest BCUT2D eigenvalue weighted by atomic mass is 79.9. The van der Waals surface area contributed by atoms with Gasteiger partial charge in [0, 0.05) is 21.0 Å². The third kappa shape index (κ3) is 5.42. The van der Waals surface area contributed by atoms with Gasteiger partial charge in [0.05, 0.1) is 28.8 Å². The molecule has 12 heteroatoms. The van der Waals surface area contributed by atoms with Gasteiger partial charge in [-0.15, -0.1) is 0 Å². The van der Waals surface area contributed by atoms with Crippen molar-refractivity contribution in [2.45, 2.75) is 36.6 Å². The van der Waals surface area contributed by atoms with E-state index in [1.165, 1.54) is 16.7 Å². The minimum atomic E-state index is -0.826. The lowest BCUT2D eigenvalue weighted by atomic mass is 9.83. The predicted octanol–water partition coefficient (Wildman–Crippen LogP) is 5.59. The highest BCUT2D eigenvalue weighted by Crippen LogP contribution is 2.54. The Kier molecular flexibility index (Phi) is 8.32. The molecular weight excluding hydrogens is 666 g/mol.